The quantitative estimate of drug-likeness (QED) is 0.726. The molecule has 0 aromatic heterocycles. The molecule has 0 spiro atoms. The van der Waals surface area contributed by atoms with Crippen LogP contribution in [0.4, 0.5) is 0 Å². The summed E-state index contributed by atoms with van der Waals surface area (Å²) in [7, 11) is 0. The molecule has 0 radical (unpaired) electrons. The molecule has 5 nitrogen and oxygen atoms in total. The van der Waals surface area contributed by atoms with Crippen molar-refractivity contribution >= 4 is 23.1 Å². The molecule has 1 heterocycles. The van der Waals surface area contributed by atoms with E-state index in [4.69, 9.17) is 21.7 Å². The SMILES string of the molecule is CCOc1cc(C2NC(=S)N(CC)C(C)=C2C(C)=O)ccc1OC(C)C. The van der Waals surface area contributed by atoms with Crippen LogP contribution in [-0.4, -0.2) is 35.1 Å². The lowest BCUT2D eigenvalue weighted by Gasteiger charge is -2.37. The van der Waals surface area contributed by atoms with E-state index in [1.54, 1.807) is 6.92 Å². The Bertz CT molecular complexity index is 728. The first-order chi connectivity index (χ1) is 12.3. The number of nitrogens with one attached hydrogen (secondary N) is 1. The van der Waals surface area contributed by atoms with Gasteiger partial charge in [0, 0.05) is 17.8 Å². The van der Waals surface area contributed by atoms with Crippen LogP contribution >= 0.6 is 12.2 Å². The molecule has 2 rings (SSSR count). The smallest absolute Gasteiger partial charge is 0.173 e. The van der Waals surface area contributed by atoms with Gasteiger partial charge in [-0.2, -0.15) is 0 Å². The van der Waals surface area contributed by atoms with Gasteiger partial charge in [0.2, 0.25) is 0 Å². The second kappa shape index (κ2) is 8.54. The third-order valence-electron chi connectivity index (χ3n) is 4.26. The number of hydrogen-bond donors (Lipinski definition) is 1. The summed E-state index contributed by atoms with van der Waals surface area (Å²) in [4.78, 5) is 14.3. The molecule has 1 unspecified atom stereocenters. The van der Waals surface area contributed by atoms with Gasteiger partial charge in [0.25, 0.3) is 0 Å². The van der Waals surface area contributed by atoms with Gasteiger partial charge in [-0.1, -0.05) is 6.07 Å². The fourth-order valence-corrected chi connectivity index (χ4v) is 3.58. The summed E-state index contributed by atoms with van der Waals surface area (Å²) < 4.78 is 11.6. The normalized spacial score (nSPS) is 17.4. The Morgan fingerprint density at radius 3 is 2.54 bits per heavy atom. The number of Topliss-reactive ketones (excluding diaryl/α,β-unsaturated/α-hetero) is 1. The topological polar surface area (TPSA) is 50.8 Å². The van der Waals surface area contributed by atoms with Crippen LogP contribution in [0.3, 0.4) is 0 Å². The maximum atomic E-state index is 12.4. The molecule has 1 aliphatic heterocycles. The van der Waals surface area contributed by atoms with Gasteiger partial charge in [-0.3, -0.25) is 4.79 Å². The molecular formula is C20H28N2O3S. The lowest BCUT2D eigenvalue weighted by molar-refractivity contribution is -0.114. The molecule has 1 aliphatic rings. The van der Waals surface area contributed by atoms with E-state index in [0.717, 1.165) is 16.8 Å². The van der Waals surface area contributed by atoms with E-state index < -0.39 is 0 Å². The average Bonchev–Trinajstić information content (AvgIpc) is 2.55. The zero-order chi connectivity index (χ0) is 19.4. The predicted octanol–water partition coefficient (Wildman–Crippen LogP) is 3.99. The lowest BCUT2D eigenvalue weighted by Crippen LogP contribution is -2.47. The molecule has 1 N–H and O–H groups in total. The maximum absolute atomic E-state index is 12.4. The third-order valence-corrected chi connectivity index (χ3v) is 4.59. The van der Waals surface area contributed by atoms with Gasteiger partial charge in [-0.15, -0.1) is 0 Å². The molecule has 0 fully saturated rings. The zero-order valence-electron chi connectivity index (χ0n) is 16.4. The van der Waals surface area contributed by atoms with Crippen LogP contribution in [0.1, 0.15) is 53.1 Å². The summed E-state index contributed by atoms with van der Waals surface area (Å²) in [6.45, 7) is 12.7. The van der Waals surface area contributed by atoms with Crippen LogP contribution in [0, 0.1) is 0 Å². The highest BCUT2D eigenvalue weighted by Crippen LogP contribution is 2.36. The summed E-state index contributed by atoms with van der Waals surface area (Å²) >= 11 is 5.50. The Labute approximate surface area is 161 Å². The third kappa shape index (κ3) is 4.18. The van der Waals surface area contributed by atoms with E-state index in [1.807, 2.05) is 57.7 Å². The Kier molecular flexibility index (Phi) is 6.64. The van der Waals surface area contributed by atoms with Gasteiger partial charge >= 0.3 is 0 Å². The van der Waals surface area contributed by atoms with Gasteiger partial charge in [-0.05, 0) is 71.5 Å². The summed E-state index contributed by atoms with van der Waals surface area (Å²) in [5, 5.41) is 3.93. The molecule has 142 valence electrons. The molecule has 1 aromatic carbocycles. The highest BCUT2D eigenvalue weighted by atomic mass is 32.1. The fourth-order valence-electron chi connectivity index (χ4n) is 3.19. The molecule has 26 heavy (non-hydrogen) atoms. The number of carbonyl (C=O) groups is 1. The van der Waals surface area contributed by atoms with Crippen molar-refractivity contribution in [3.63, 3.8) is 0 Å². The molecule has 0 bridgehead atoms. The average molecular weight is 377 g/mol. The minimum absolute atomic E-state index is 0.0291. The van der Waals surface area contributed by atoms with Crippen molar-refractivity contribution in [2.45, 2.75) is 53.7 Å². The molecule has 6 heteroatoms. The standard InChI is InChI=1S/C20H28N2O3S/c1-7-22-13(5)18(14(6)23)19(21-20(22)26)15-9-10-16(25-12(3)4)17(11-15)24-8-2/h9-12,19H,7-8H2,1-6H3,(H,21,26). The van der Waals surface area contributed by atoms with E-state index in [2.05, 4.69) is 5.32 Å². The van der Waals surface area contributed by atoms with E-state index in [0.29, 0.717) is 29.8 Å². The molecule has 0 amide bonds. The second-order valence-electron chi connectivity index (χ2n) is 6.49. The number of rotatable bonds is 7. The van der Waals surface area contributed by atoms with Gasteiger partial charge in [0.05, 0.1) is 18.8 Å². The van der Waals surface area contributed by atoms with E-state index in [1.165, 1.54) is 0 Å². The highest BCUT2D eigenvalue weighted by molar-refractivity contribution is 7.80. The van der Waals surface area contributed by atoms with Crippen molar-refractivity contribution in [1.29, 1.82) is 0 Å². The van der Waals surface area contributed by atoms with Crippen molar-refractivity contribution in [2.24, 2.45) is 0 Å². The van der Waals surface area contributed by atoms with Crippen LogP contribution in [0.25, 0.3) is 0 Å². The van der Waals surface area contributed by atoms with Crippen molar-refractivity contribution in [3.05, 3.63) is 35.0 Å². The molecule has 1 atom stereocenters. The van der Waals surface area contributed by atoms with Gasteiger partial charge in [0.15, 0.2) is 22.4 Å². The summed E-state index contributed by atoms with van der Waals surface area (Å²) in [5.74, 6) is 1.40. The molecule has 0 saturated carbocycles. The van der Waals surface area contributed by atoms with Gasteiger partial charge in [0.1, 0.15) is 0 Å². The van der Waals surface area contributed by atoms with Crippen molar-refractivity contribution in [3.8, 4) is 11.5 Å². The second-order valence-corrected chi connectivity index (χ2v) is 6.87. The number of allylic oxidation sites excluding steroid dienone is 1. The van der Waals surface area contributed by atoms with Crippen molar-refractivity contribution in [1.82, 2.24) is 10.2 Å². The number of benzene rings is 1. The number of hydrogen-bond acceptors (Lipinski definition) is 4. The van der Waals surface area contributed by atoms with E-state index >= 15 is 0 Å². The Morgan fingerprint density at radius 1 is 1.31 bits per heavy atom. The number of nitrogens with zero attached hydrogens (tertiary/aromatic N) is 1. The summed E-state index contributed by atoms with van der Waals surface area (Å²) in [6, 6.07) is 5.48. The van der Waals surface area contributed by atoms with E-state index in [9.17, 15) is 4.79 Å². The number of carbonyl (C=O) groups excluding carboxylic acids is 1. The van der Waals surface area contributed by atoms with E-state index in [-0.39, 0.29) is 17.9 Å². The Morgan fingerprint density at radius 2 is 2.00 bits per heavy atom. The van der Waals surface area contributed by atoms with Crippen molar-refractivity contribution < 1.29 is 14.3 Å². The number of thiocarbonyl (C=S) groups is 1. The molecule has 1 aromatic rings. The first kappa shape index (κ1) is 20.2. The summed E-state index contributed by atoms with van der Waals surface area (Å²) in [5.41, 5.74) is 2.54. The van der Waals surface area contributed by atoms with Gasteiger partial charge in [-0.25, -0.2) is 0 Å². The summed E-state index contributed by atoms with van der Waals surface area (Å²) in [6.07, 6.45) is 0.0495. The molecule has 0 saturated heterocycles. The fraction of sp³-hybridized carbons (Fsp3) is 0.500. The van der Waals surface area contributed by atoms with Crippen molar-refractivity contribution in [2.75, 3.05) is 13.2 Å². The number of ketones is 1. The minimum Gasteiger partial charge on any atom is -0.490 e. The first-order valence-corrected chi connectivity index (χ1v) is 9.44. The van der Waals surface area contributed by atoms with Crippen LogP contribution < -0.4 is 14.8 Å². The first-order valence-electron chi connectivity index (χ1n) is 9.03. The minimum atomic E-state index is -0.296. The van der Waals surface area contributed by atoms with Crippen LogP contribution in [-0.2, 0) is 4.79 Å². The van der Waals surface area contributed by atoms with Crippen LogP contribution in [0.5, 0.6) is 11.5 Å². The molecule has 0 aliphatic carbocycles. The number of ether oxygens (including phenoxy) is 2. The Hall–Kier alpha value is -2.08. The highest BCUT2D eigenvalue weighted by Gasteiger charge is 2.32. The predicted molar refractivity (Wildman–Crippen MR) is 108 cm³/mol. The van der Waals surface area contributed by atoms with Crippen LogP contribution in [0.2, 0.25) is 0 Å². The maximum Gasteiger partial charge on any atom is 0.173 e. The van der Waals surface area contributed by atoms with Crippen LogP contribution in [0.15, 0.2) is 29.5 Å². The monoisotopic (exact) mass is 376 g/mol. The molecular weight excluding hydrogens is 348 g/mol. The lowest BCUT2D eigenvalue weighted by atomic mass is 9.92. The Balaban J connectivity index is 2.51. The van der Waals surface area contributed by atoms with Gasteiger partial charge < -0.3 is 19.7 Å². The zero-order valence-corrected chi connectivity index (χ0v) is 17.2. The largest absolute Gasteiger partial charge is 0.490 e.